The van der Waals surface area contributed by atoms with Crippen LogP contribution in [0.5, 0.6) is 0 Å². The lowest BCUT2D eigenvalue weighted by Gasteiger charge is -2.32. The average Bonchev–Trinajstić information content (AvgIpc) is 2.38. The van der Waals surface area contributed by atoms with Gasteiger partial charge in [0.15, 0.2) is 0 Å². The summed E-state index contributed by atoms with van der Waals surface area (Å²) in [6.07, 6.45) is 6.87. The van der Waals surface area contributed by atoms with Gasteiger partial charge in [0.1, 0.15) is 0 Å². The van der Waals surface area contributed by atoms with Crippen LogP contribution in [0.15, 0.2) is 12.2 Å². The van der Waals surface area contributed by atoms with E-state index >= 15 is 0 Å². The van der Waals surface area contributed by atoms with Gasteiger partial charge in [0.2, 0.25) is 0 Å². The lowest BCUT2D eigenvalue weighted by Crippen LogP contribution is -2.48. The molecule has 1 fully saturated rings. The second-order valence-electron chi connectivity index (χ2n) is 4.50. The number of hydrogen-bond donors (Lipinski definition) is 1. The van der Waals surface area contributed by atoms with Gasteiger partial charge in [-0.25, -0.2) is 0 Å². The first-order valence-electron chi connectivity index (χ1n) is 5.79. The SMILES string of the molecule is C/C=C/CN1CCCNC(C)(CC)C1. The summed E-state index contributed by atoms with van der Waals surface area (Å²) >= 11 is 0. The normalized spacial score (nSPS) is 30.8. The quantitative estimate of drug-likeness (QED) is 0.695. The molecule has 0 spiro atoms. The summed E-state index contributed by atoms with van der Waals surface area (Å²) in [6.45, 7) is 11.4. The maximum Gasteiger partial charge on any atom is 0.0277 e. The Hall–Kier alpha value is -0.340. The summed E-state index contributed by atoms with van der Waals surface area (Å²) in [7, 11) is 0. The summed E-state index contributed by atoms with van der Waals surface area (Å²) in [5, 5.41) is 3.65. The maximum atomic E-state index is 3.65. The Morgan fingerprint density at radius 2 is 2.29 bits per heavy atom. The molecule has 0 aromatic heterocycles. The third-order valence-corrected chi connectivity index (χ3v) is 3.16. The molecule has 1 aliphatic heterocycles. The fourth-order valence-electron chi connectivity index (χ4n) is 1.97. The predicted molar refractivity (Wildman–Crippen MR) is 62.6 cm³/mol. The van der Waals surface area contributed by atoms with E-state index in [2.05, 4.69) is 43.1 Å². The Kier molecular flexibility index (Phi) is 4.63. The molecule has 1 unspecified atom stereocenters. The van der Waals surface area contributed by atoms with Crippen LogP contribution in [0.25, 0.3) is 0 Å². The monoisotopic (exact) mass is 196 g/mol. The second-order valence-corrected chi connectivity index (χ2v) is 4.50. The van der Waals surface area contributed by atoms with Crippen LogP contribution in [0.1, 0.15) is 33.6 Å². The fourth-order valence-corrected chi connectivity index (χ4v) is 1.97. The Bertz CT molecular complexity index is 189. The molecular weight excluding hydrogens is 172 g/mol. The first-order valence-corrected chi connectivity index (χ1v) is 5.79. The fraction of sp³-hybridized carbons (Fsp3) is 0.833. The number of hydrogen-bond acceptors (Lipinski definition) is 2. The average molecular weight is 196 g/mol. The zero-order valence-electron chi connectivity index (χ0n) is 9.84. The zero-order valence-corrected chi connectivity index (χ0v) is 9.84. The predicted octanol–water partition coefficient (Wildman–Crippen LogP) is 2.03. The molecule has 0 saturated carbocycles. The molecule has 0 radical (unpaired) electrons. The van der Waals surface area contributed by atoms with E-state index in [1.165, 1.54) is 25.9 Å². The molecule has 0 amide bonds. The van der Waals surface area contributed by atoms with Crippen LogP contribution in [-0.4, -0.2) is 36.6 Å². The van der Waals surface area contributed by atoms with Gasteiger partial charge in [-0.05, 0) is 39.8 Å². The third kappa shape index (κ3) is 3.43. The molecule has 1 N–H and O–H groups in total. The minimum atomic E-state index is 0.318. The van der Waals surface area contributed by atoms with Crippen molar-refractivity contribution in [1.29, 1.82) is 0 Å². The van der Waals surface area contributed by atoms with Crippen molar-refractivity contribution in [3.8, 4) is 0 Å². The molecule has 1 saturated heterocycles. The van der Waals surface area contributed by atoms with Crippen molar-refractivity contribution in [2.45, 2.75) is 39.2 Å². The van der Waals surface area contributed by atoms with Crippen molar-refractivity contribution >= 4 is 0 Å². The van der Waals surface area contributed by atoms with Gasteiger partial charge >= 0.3 is 0 Å². The van der Waals surface area contributed by atoms with Crippen LogP contribution in [0.3, 0.4) is 0 Å². The van der Waals surface area contributed by atoms with E-state index < -0.39 is 0 Å². The van der Waals surface area contributed by atoms with Crippen molar-refractivity contribution < 1.29 is 0 Å². The van der Waals surface area contributed by atoms with E-state index in [0.717, 1.165) is 13.1 Å². The second kappa shape index (κ2) is 5.52. The third-order valence-electron chi connectivity index (χ3n) is 3.16. The highest BCUT2D eigenvalue weighted by atomic mass is 15.2. The standard InChI is InChI=1S/C12H24N2/c1-4-6-9-14-10-7-8-13-12(3,5-2)11-14/h4,6,13H,5,7-11H2,1-3H3/b6-4+. The van der Waals surface area contributed by atoms with Crippen LogP contribution in [0.4, 0.5) is 0 Å². The Balaban J connectivity index is 2.51. The smallest absolute Gasteiger partial charge is 0.0277 e. The molecule has 1 atom stereocenters. The highest BCUT2D eigenvalue weighted by molar-refractivity contribution is 4.91. The maximum absolute atomic E-state index is 3.65. The molecule has 1 rings (SSSR count). The molecular formula is C12H24N2. The highest BCUT2D eigenvalue weighted by Gasteiger charge is 2.26. The Labute approximate surface area is 88.4 Å². The lowest BCUT2D eigenvalue weighted by atomic mass is 9.99. The van der Waals surface area contributed by atoms with Crippen molar-refractivity contribution in [2.24, 2.45) is 0 Å². The molecule has 0 aromatic carbocycles. The van der Waals surface area contributed by atoms with E-state index in [9.17, 15) is 0 Å². The highest BCUT2D eigenvalue weighted by Crippen LogP contribution is 2.14. The van der Waals surface area contributed by atoms with Crippen molar-refractivity contribution in [1.82, 2.24) is 10.2 Å². The zero-order chi connectivity index (χ0) is 10.4. The molecule has 14 heavy (non-hydrogen) atoms. The van der Waals surface area contributed by atoms with Crippen molar-refractivity contribution in [3.05, 3.63) is 12.2 Å². The minimum Gasteiger partial charge on any atom is -0.310 e. The Morgan fingerprint density at radius 1 is 1.50 bits per heavy atom. The molecule has 2 heteroatoms. The van der Waals surface area contributed by atoms with Gasteiger partial charge in [0.25, 0.3) is 0 Å². The number of nitrogens with zero attached hydrogens (tertiary/aromatic N) is 1. The summed E-state index contributed by atoms with van der Waals surface area (Å²) in [5.74, 6) is 0. The van der Waals surface area contributed by atoms with Crippen LogP contribution in [0.2, 0.25) is 0 Å². The van der Waals surface area contributed by atoms with Gasteiger partial charge in [-0.15, -0.1) is 0 Å². The molecule has 2 nitrogen and oxygen atoms in total. The van der Waals surface area contributed by atoms with Gasteiger partial charge in [0.05, 0.1) is 0 Å². The molecule has 0 aliphatic carbocycles. The first-order chi connectivity index (χ1) is 6.70. The lowest BCUT2D eigenvalue weighted by molar-refractivity contribution is 0.232. The van der Waals surface area contributed by atoms with Gasteiger partial charge < -0.3 is 5.32 Å². The summed E-state index contributed by atoms with van der Waals surface area (Å²) in [5.41, 5.74) is 0.318. The summed E-state index contributed by atoms with van der Waals surface area (Å²) in [6, 6.07) is 0. The topological polar surface area (TPSA) is 15.3 Å². The van der Waals surface area contributed by atoms with Crippen LogP contribution >= 0.6 is 0 Å². The molecule has 0 bridgehead atoms. The van der Waals surface area contributed by atoms with E-state index in [1.807, 2.05) is 0 Å². The van der Waals surface area contributed by atoms with Gasteiger partial charge in [0, 0.05) is 18.6 Å². The molecule has 1 heterocycles. The summed E-state index contributed by atoms with van der Waals surface area (Å²) in [4.78, 5) is 2.55. The van der Waals surface area contributed by atoms with Crippen LogP contribution < -0.4 is 5.32 Å². The molecule has 82 valence electrons. The van der Waals surface area contributed by atoms with E-state index in [0.29, 0.717) is 5.54 Å². The largest absolute Gasteiger partial charge is 0.310 e. The minimum absolute atomic E-state index is 0.318. The number of allylic oxidation sites excluding steroid dienone is 1. The van der Waals surface area contributed by atoms with E-state index in [-0.39, 0.29) is 0 Å². The van der Waals surface area contributed by atoms with Gasteiger partial charge in [-0.3, -0.25) is 4.90 Å². The first kappa shape index (κ1) is 11.7. The number of nitrogens with one attached hydrogen (secondary N) is 1. The van der Waals surface area contributed by atoms with Crippen LogP contribution in [-0.2, 0) is 0 Å². The number of rotatable bonds is 3. The van der Waals surface area contributed by atoms with Crippen LogP contribution in [0, 0.1) is 0 Å². The van der Waals surface area contributed by atoms with E-state index in [1.54, 1.807) is 0 Å². The van der Waals surface area contributed by atoms with Gasteiger partial charge in [-0.2, -0.15) is 0 Å². The molecule has 0 aromatic rings. The van der Waals surface area contributed by atoms with Crippen molar-refractivity contribution in [2.75, 3.05) is 26.2 Å². The van der Waals surface area contributed by atoms with Gasteiger partial charge in [-0.1, -0.05) is 19.1 Å². The molecule has 1 aliphatic rings. The Morgan fingerprint density at radius 3 is 2.93 bits per heavy atom. The van der Waals surface area contributed by atoms with Crippen molar-refractivity contribution in [3.63, 3.8) is 0 Å². The van der Waals surface area contributed by atoms with E-state index in [4.69, 9.17) is 0 Å². The summed E-state index contributed by atoms with van der Waals surface area (Å²) < 4.78 is 0.